The first-order chi connectivity index (χ1) is 13.8. The summed E-state index contributed by atoms with van der Waals surface area (Å²) in [5.74, 6) is -1.35. The second-order valence-electron chi connectivity index (χ2n) is 6.22. The van der Waals surface area contributed by atoms with Crippen molar-refractivity contribution in [3.63, 3.8) is 0 Å². The smallest absolute Gasteiger partial charge is 0.340 e. The molecular formula is C21H17BrFNO4S. The van der Waals surface area contributed by atoms with Crippen molar-refractivity contribution in [2.45, 2.75) is 18.4 Å². The molecule has 0 heterocycles. The van der Waals surface area contributed by atoms with E-state index < -0.39 is 21.8 Å². The van der Waals surface area contributed by atoms with Crippen molar-refractivity contribution in [3.8, 4) is 0 Å². The Morgan fingerprint density at radius 2 is 1.79 bits per heavy atom. The Bertz CT molecular complexity index is 1150. The van der Waals surface area contributed by atoms with Gasteiger partial charge in [-0.2, -0.15) is 0 Å². The number of anilines is 1. The summed E-state index contributed by atoms with van der Waals surface area (Å²) in [5.41, 5.74) is 1.45. The van der Waals surface area contributed by atoms with E-state index in [2.05, 4.69) is 20.7 Å². The van der Waals surface area contributed by atoms with Gasteiger partial charge in [-0.1, -0.05) is 52.3 Å². The normalized spacial score (nSPS) is 11.1. The molecule has 0 unspecified atom stereocenters. The first kappa shape index (κ1) is 21.0. The van der Waals surface area contributed by atoms with Gasteiger partial charge in [0.2, 0.25) is 0 Å². The van der Waals surface area contributed by atoms with Crippen LogP contribution in [-0.4, -0.2) is 14.4 Å². The first-order valence-corrected chi connectivity index (χ1v) is 10.8. The van der Waals surface area contributed by atoms with Gasteiger partial charge in [0.25, 0.3) is 10.0 Å². The fourth-order valence-corrected chi connectivity index (χ4v) is 4.10. The number of halogens is 2. The molecule has 29 heavy (non-hydrogen) atoms. The average Bonchev–Trinajstić information content (AvgIpc) is 2.70. The van der Waals surface area contributed by atoms with E-state index in [1.165, 1.54) is 18.2 Å². The third kappa shape index (κ3) is 5.02. The van der Waals surface area contributed by atoms with Crippen LogP contribution in [0.4, 0.5) is 10.1 Å². The standard InChI is InChI=1S/C21H17BrFNO4S/c1-14-18(22)10-11-19(24-29(26,27)17-9-5-8-16(23)12-17)20(14)21(25)28-13-15-6-3-2-4-7-15/h2-12,24H,13H2,1H3. The Hall–Kier alpha value is -2.71. The van der Waals surface area contributed by atoms with E-state index in [0.717, 1.165) is 17.7 Å². The number of sulfonamides is 1. The number of rotatable bonds is 6. The van der Waals surface area contributed by atoms with E-state index in [-0.39, 0.29) is 22.8 Å². The summed E-state index contributed by atoms with van der Waals surface area (Å²) in [5, 5.41) is 0. The zero-order valence-corrected chi connectivity index (χ0v) is 17.8. The van der Waals surface area contributed by atoms with Crippen LogP contribution in [0.5, 0.6) is 0 Å². The highest BCUT2D eigenvalue weighted by Gasteiger charge is 2.23. The highest BCUT2D eigenvalue weighted by Crippen LogP contribution is 2.29. The van der Waals surface area contributed by atoms with E-state index in [1.807, 2.05) is 30.3 Å². The van der Waals surface area contributed by atoms with E-state index in [9.17, 15) is 17.6 Å². The van der Waals surface area contributed by atoms with Crippen molar-refractivity contribution in [1.82, 2.24) is 0 Å². The second kappa shape index (κ2) is 8.75. The van der Waals surface area contributed by atoms with Gasteiger partial charge in [-0.25, -0.2) is 17.6 Å². The number of nitrogens with one attached hydrogen (secondary N) is 1. The molecule has 1 N–H and O–H groups in total. The van der Waals surface area contributed by atoms with Crippen LogP contribution in [-0.2, 0) is 21.4 Å². The molecule has 0 aliphatic carbocycles. The van der Waals surface area contributed by atoms with Crippen molar-refractivity contribution in [2.24, 2.45) is 0 Å². The lowest BCUT2D eigenvalue weighted by Crippen LogP contribution is -2.18. The molecule has 3 aromatic carbocycles. The first-order valence-electron chi connectivity index (χ1n) is 8.56. The maximum atomic E-state index is 13.4. The van der Waals surface area contributed by atoms with Gasteiger partial charge in [0.05, 0.1) is 16.1 Å². The fourth-order valence-electron chi connectivity index (χ4n) is 2.67. The zero-order valence-electron chi connectivity index (χ0n) is 15.4. The number of benzene rings is 3. The molecule has 0 aromatic heterocycles. The Morgan fingerprint density at radius 3 is 2.48 bits per heavy atom. The van der Waals surface area contributed by atoms with Crippen LogP contribution in [0, 0.1) is 12.7 Å². The topological polar surface area (TPSA) is 72.5 Å². The summed E-state index contributed by atoms with van der Waals surface area (Å²) in [6.45, 7) is 1.71. The van der Waals surface area contributed by atoms with Gasteiger partial charge in [-0.3, -0.25) is 4.72 Å². The summed E-state index contributed by atoms with van der Waals surface area (Å²) in [7, 11) is -4.10. The fraction of sp³-hybridized carbons (Fsp3) is 0.0952. The molecular weight excluding hydrogens is 461 g/mol. The van der Waals surface area contributed by atoms with Gasteiger partial charge in [0, 0.05) is 4.47 Å². The molecule has 0 aliphatic rings. The molecule has 0 saturated heterocycles. The molecule has 0 amide bonds. The molecule has 0 saturated carbocycles. The molecule has 150 valence electrons. The van der Waals surface area contributed by atoms with Gasteiger partial charge in [-0.05, 0) is 48.4 Å². The molecule has 3 rings (SSSR count). The quantitative estimate of drug-likeness (QED) is 0.503. The van der Waals surface area contributed by atoms with Crippen molar-refractivity contribution < 1.29 is 22.3 Å². The molecule has 0 aliphatic heterocycles. The van der Waals surface area contributed by atoms with Crippen molar-refractivity contribution in [1.29, 1.82) is 0 Å². The Morgan fingerprint density at radius 1 is 1.07 bits per heavy atom. The predicted molar refractivity (Wildman–Crippen MR) is 112 cm³/mol. The van der Waals surface area contributed by atoms with Crippen LogP contribution in [0.2, 0.25) is 0 Å². The van der Waals surface area contributed by atoms with Gasteiger partial charge in [0.15, 0.2) is 0 Å². The van der Waals surface area contributed by atoms with E-state index in [0.29, 0.717) is 10.0 Å². The van der Waals surface area contributed by atoms with Crippen LogP contribution in [0.15, 0.2) is 76.1 Å². The minimum atomic E-state index is -4.10. The van der Waals surface area contributed by atoms with Crippen molar-refractivity contribution in [3.05, 3.63) is 93.7 Å². The lowest BCUT2D eigenvalue weighted by atomic mass is 10.1. The molecule has 3 aromatic rings. The summed E-state index contributed by atoms with van der Waals surface area (Å²) >= 11 is 3.34. The molecule has 8 heteroatoms. The number of carbonyl (C=O) groups excluding carboxylic acids is 1. The zero-order chi connectivity index (χ0) is 21.0. The monoisotopic (exact) mass is 477 g/mol. The van der Waals surface area contributed by atoms with Crippen molar-refractivity contribution in [2.75, 3.05) is 4.72 Å². The molecule has 0 radical (unpaired) electrons. The van der Waals surface area contributed by atoms with Gasteiger partial charge in [-0.15, -0.1) is 0 Å². The van der Waals surface area contributed by atoms with Gasteiger partial charge < -0.3 is 4.74 Å². The van der Waals surface area contributed by atoms with E-state index in [1.54, 1.807) is 13.0 Å². The number of hydrogen-bond donors (Lipinski definition) is 1. The van der Waals surface area contributed by atoms with Crippen LogP contribution in [0.1, 0.15) is 21.5 Å². The Balaban J connectivity index is 1.91. The second-order valence-corrected chi connectivity index (χ2v) is 8.76. The van der Waals surface area contributed by atoms with Gasteiger partial charge >= 0.3 is 5.97 Å². The number of esters is 1. The lowest BCUT2D eigenvalue weighted by molar-refractivity contribution is 0.0473. The van der Waals surface area contributed by atoms with Crippen LogP contribution in [0.25, 0.3) is 0 Å². The lowest BCUT2D eigenvalue weighted by Gasteiger charge is -2.15. The highest BCUT2D eigenvalue weighted by molar-refractivity contribution is 9.10. The Kier molecular flexibility index (Phi) is 6.34. The van der Waals surface area contributed by atoms with Crippen LogP contribution >= 0.6 is 15.9 Å². The number of carbonyl (C=O) groups is 1. The molecule has 5 nitrogen and oxygen atoms in total. The molecule has 0 atom stereocenters. The third-order valence-corrected chi connectivity index (χ3v) is 6.39. The maximum Gasteiger partial charge on any atom is 0.340 e. The number of ether oxygens (including phenoxy) is 1. The minimum Gasteiger partial charge on any atom is -0.457 e. The minimum absolute atomic E-state index is 0.0434. The third-order valence-electron chi connectivity index (χ3n) is 4.17. The summed E-state index contributed by atoms with van der Waals surface area (Å²) in [6, 6.07) is 16.8. The van der Waals surface area contributed by atoms with Crippen molar-refractivity contribution >= 4 is 37.6 Å². The summed E-state index contributed by atoms with van der Waals surface area (Å²) in [6.07, 6.45) is 0. The van der Waals surface area contributed by atoms with Crippen LogP contribution in [0.3, 0.4) is 0 Å². The largest absolute Gasteiger partial charge is 0.457 e. The summed E-state index contributed by atoms with van der Waals surface area (Å²) in [4.78, 5) is 12.5. The SMILES string of the molecule is Cc1c(Br)ccc(NS(=O)(=O)c2cccc(F)c2)c1C(=O)OCc1ccccc1. The highest BCUT2D eigenvalue weighted by atomic mass is 79.9. The van der Waals surface area contributed by atoms with E-state index in [4.69, 9.17) is 4.74 Å². The van der Waals surface area contributed by atoms with E-state index >= 15 is 0 Å². The average molecular weight is 478 g/mol. The summed E-state index contributed by atoms with van der Waals surface area (Å²) < 4.78 is 47.1. The number of hydrogen-bond acceptors (Lipinski definition) is 4. The molecule has 0 spiro atoms. The molecule has 0 fully saturated rings. The Labute approximate surface area is 176 Å². The molecule has 0 bridgehead atoms. The van der Waals surface area contributed by atoms with Gasteiger partial charge in [0.1, 0.15) is 12.4 Å². The predicted octanol–water partition coefficient (Wildman–Crippen LogP) is 5.05. The maximum absolute atomic E-state index is 13.4. The van der Waals surface area contributed by atoms with Crippen LogP contribution < -0.4 is 4.72 Å².